The van der Waals surface area contributed by atoms with Crippen molar-refractivity contribution in [1.82, 2.24) is 16.0 Å². The van der Waals surface area contributed by atoms with Gasteiger partial charge in [0.2, 0.25) is 17.7 Å². The fraction of sp³-hybridized carbons (Fsp3) is 0.789. The molecule has 0 saturated heterocycles. The molecule has 0 fully saturated rings. The zero-order valence-corrected chi connectivity index (χ0v) is 18.9. The molecule has 0 spiro atoms. The molecule has 0 aromatic carbocycles. The summed E-state index contributed by atoms with van der Waals surface area (Å²) in [6.45, 7) is 3.61. The zero-order chi connectivity index (χ0) is 23.1. The van der Waals surface area contributed by atoms with E-state index in [-0.39, 0.29) is 5.92 Å². The first-order valence-electron chi connectivity index (χ1n) is 10.2. The quantitative estimate of drug-likeness (QED) is 0.170. The number of amides is 3. The molecule has 0 aliphatic carbocycles. The molecule has 0 bridgehead atoms. The molecule has 4 unspecified atom stereocenters. The van der Waals surface area contributed by atoms with E-state index in [0.29, 0.717) is 38.6 Å². The average molecular weight is 448 g/mol. The second-order valence-electron chi connectivity index (χ2n) is 7.22. The summed E-state index contributed by atoms with van der Waals surface area (Å²) in [7, 11) is 0. The number of carbonyl (C=O) groups is 4. The Kier molecular flexibility index (Phi) is 14.9. The highest BCUT2D eigenvalue weighted by Crippen LogP contribution is 2.11. The van der Waals surface area contributed by atoms with Crippen LogP contribution in [0.4, 0.5) is 0 Å². The number of carboxylic acids is 1. The van der Waals surface area contributed by atoms with E-state index in [1.54, 1.807) is 11.8 Å². The first-order valence-corrected chi connectivity index (χ1v) is 11.6. The number of nitrogens with one attached hydrogen (secondary N) is 3. The van der Waals surface area contributed by atoms with Gasteiger partial charge >= 0.3 is 5.97 Å². The Morgan fingerprint density at radius 3 is 2.23 bits per heavy atom. The van der Waals surface area contributed by atoms with Crippen LogP contribution in [0.2, 0.25) is 0 Å². The Bertz CT molecular complexity index is 563. The predicted octanol–water partition coefficient (Wildman–Crippen LogP) is -0.588. The maximum Gasteiger partial charge on any atom is 0.322 e. The molecule has 3 amide bonds. The largest absolute Gasteiger partial charge is 0.480 e. The van der Waals surface area contributed by atoms with E-state index in [1.807, 2.05) is 20.1 Å². The Morgan fingerprint density at radius 1 is 1.03 bits per heavy atom. The fourth-order valence-electron chi connectivity index (χ4n) is 2.65. The molecule has 0 heterocycles. The van der Waals surface area contributed by atoms with E-state index in [1.165, 1.54) is 0 Å². The van der Waals surface area contributed by atoms with Crippen LogP contribution in [-0.2, 0) is 19.2 Å². The lowest BCUT2D eigenvalue weighted by Gasteiger charge is -2.27. The summed E-state index contributed by atoms with van der Waals surface area (Å²) in [5, 5.41) is 16.4. The number of aliphatic carboxylic acids is 1. The highest BCUT2D eigenvalue weighted by molar-refractivity contribution is 7.98. The van der Waals surface area contributed by atoms with Crippen LogP contribution in [0, 0.1) is 5.92 Å². The van der Waals surface area contributed by atoms with Gasteiger partial charge in [0, 0.05) is 0 Å². The van der Waals surface area contributed by atoms with Crippen molar-refractivity contribution in [2.75, 3.05) is 25.1 Å². The van der Waals surface area contributed by atoms with Crippen LogP contribution in [-0.4, -0.2) is 72.0 Å². The minimum Gasteiger partial charge on any atom is -0.480 e. The van der Waals surface area contributed by atoms with Crippen LogP contribution in [0.3, 0.4) is 0 Å². The average Bonchev–Trinajstić information content (AvgIpc) is 2.72. The molecule has 0 aromatic rings. The molecule has 4 atom stereocenters. The number of unbranched alkanes of at least 4 members (excludes halogenated alkanes) is 1. The summed E-state index contributed by atoms with van der Waals surface area (Å²) in [5.74, 6) is -2.15. The number of hydrogen-bond donors (Lipinski definition) is 6. The molecule has 10 nitrogen and oxygen atoms in total. The molecule has 11 heteroatoms. The van der Waals surface area contributed by atoms with Crippen molar-refractivity contribution in [3.05, 3.63) is 0 Å². The minimum absolute atomic E-state index is 0.187. The zero-order valence-electron chi connectivity index (χ0n) is 18.1. The topological polar surface area (TPSA) is 177 Å². The molecule has 30 heavy (non-hydrogen) atoms. The van der Waals surface area contributed by atoms with Gasteiger partial charge in [-0.25, -0.2) is 0 Å². The lowest BCUT2D eigenvalue weighted by Crippen LogP contribution is -2.57. The second kappa shape index (κ2) is 15.9. The van der Waals surface area contributed by atoms with Crippen molar-refractivity contribution in [2.45, 2.75) is 64.1 Å². The summed E-state index contributed by atoms with van der Waals surface area (Å²) in [6, 6.07) is -2.50. The SMILES string of the molecule is CCC(C)C(NC(=O)C(N)CCSC)C(=O)NC(CCCCN)C(=O)NCC(=O)O. The van der Waals surface area contributed by atoms with E-state index in [0.717, 1.165) is 5.75 Å². The van der Waals surface area contributed by atoms with E-state index >= 15 is 0 Å². The maximum atomic E-state index is 12.9. The third kappa shape index (κ3) is 11.4. The Hall–Kier alpha value is -1.85. The van der Waals surface area contributed by atoms with Gasteiger partial charge in [-0.15, -0.1) is 0 Å². The first kappa shape index (κ1) is 28.1. The van der Waals surface area contributed by atoms with Gasteiger partial charge in [-0.1, -0.05) is 20.3 Å². The summed E-state index contributed by atoms with van der Waals surface area (Å²) < 4.78 is 0. The van der Waals surface area contributed by atoms with Gasteiger partial charge in [0.05, 0.1) is 6.04 Å². The third-order valence-electron chi connectivity index (χ3n) is 4.76. The second-order valence-corrected chi connectivity index (χ2v) is 8.20. The van der Waals surface area contributed by atoms with Crippen molar-refractivity contribution >= 4 is 35.5 Å². The van der Waals surface area contributed by atoms with E-state index in [2.05, 4.69) is 16.0 Å². The Balaban J connectivity index is 5.22. The fourth-order valence-corrected chi connectivity index (χ4v) is 3.14. The lowest BCUT2D eigenvalue weighted by molar-refractivity contribution is -0.138. The highest BCUT2D eigenvalue weighted by atomic mass is 32.2. The number of rotatable bonds is 16. The normalized spacial score (nSPS) is 14.8. The molecule has 0 radical (unpaired) electrons. The first-order chi connectivity index (χ1) is 14.2. The van der Waals surface area contributed by atoms with Crippen molar-refractivity contribution in [3.63, 3.8) is 0 Å². The third-order valence-corrected chi connectivity index (χ3v) is 5.40. The number of carboxylic acid groups (broad SMARTS) is 1. The summed E-state index contributed by atoms with van der Waals surface area (Å²) in [4.78, 5) is 48.4. The van der Waals surface area contributed by atoms with Crippen molar-refractivity contribution in [3.8, 4) is 0 Å². The van der Waals surface area contributed by atoms with Crippen molar-refractivity contribution in [1.29, 1.82) is 0 Å². The van der Waals surface area contributed by atoms with Crippen LogP contribution in [0.25, 0.3) is 0 Å². The van der Waals surface area contributed by atoms with Crippen molar-refractivity contribution in [2.24, 2.45) is 17.4 Å². The van der Waals surface area contributed by atoms with Crippen LogP contribution < -0.4 is 27.4 Å². The highest BCUT2D eigenvalue weighted by Gasteiger charge is 2.30. The standard InChI is InChI=1S/C19H37N5O5S/c1-4-12(2)16(24-17(27)13(21)8-10-30-3)19(29)23-14(7-5-6-9-20)18(28)22-11-15(25)26/h12-14,16H,4-11,20-21H2,1-3H3,(H,22,28)(H,23,29)(H,24,27)(H,25,26). The smallest absolute Gasteiger partial charge is 0.322 e. The number of nitrogens with two attached hydrogens (primary N) is 2. The van der Waals surface area contributed by atoms with Gasteiger partial charge in [0.25, 0.3) is 0 Å². The van der Waals surface area contributed by atoms with Gasteiger partial charge in [-0.05, 0) is 50.2 Å². The molecule has 0 aromatic heterocycles. The van der Waals surface area contributed by atoms with Gasteiger partial charge in [-0.2, -0.15) is 11.8 Å². The lowest BCUT2D eigenvalue weighted by atomic mass is 9.97. The van der Waals surface area contributed by atoms with Gasteiger partial charge in [0.1, 0.15) is 18.6 Å². The number of hydrogen-bond acceptors (Lipinski definition) is 7. The van der Waals surface area contributed by atoms with Gasteiger partial charge in [-0.3, -0.25) is 19.2 Å². The van der Waals surface area contributed by atoms with Gasteiger partial charge < -0.3 is 32.5 Å². The number of carbonyl (C=O) groups excluding carboxylic acids is 3. The molecular weight excluding hydrogens is 410 g/mol. The monoisotopic (exact) mass is 447 g/mol. The molecule has 8 N–H and O–H groups in total. The molecule has 0 aliphatic rings. The van der Waals surface area contributed by atoms with Gasteiger partial charge in [0.15, 0.2) is 0 Å². The van der Waals surface area contributed by atoms with Crippen LogP contribution >= 0.6 is 11.8 Å². The molecule has 0 aliphatic heterocycles. The Labute approximate surface area is 182 Å². The van der Waals surface area contributed by atoms with Crippen molar-refractivity contribution < 1.29 is 24.3 Å². The molecule has 174 valence electrons. The maximum absolute atomic E-state index is 12.9. The van der Waals surface area contributed by atoms with Crippen LogP contribution in [0.15, 0.2) is 0 Å². The van der Waals surface area contributed by atoms with E-state index in [9.17, 15) is 19.2 Å². The summed E-state index contributed by atoms with van der Waals surface area (Å²) in [6.07, 6.45) is 4.59. The predicted molar refractivity (Wildman–Crippen MR) is 118 cm³/mol. The summed E-state index contributed by atoms with van der Waals surface area (Å²) in [5.41, 5.74) is 11.4. The molecular formula is C19H37N5O5S. The number of thioether (sulfide) groups is 1. The van der Waals surface area contributed by atoms with Crippen LogP contribution in [0.5, 0.6) is 0 Å². The molecule has 0 rings (SSSR count). The Morgan fingerprint density at radius 2 is 1.70 bits per heavy atom. The van der Waals surface area contributed by atoms with Crippen LogP contribution in [0.1, 0.15) is 46.0 Å². The van der Waals surface area contributed by atoms with E-state index in [4.69, 9.17) is 16.6 Å². The minimum atomic E-state index is -1.18. The van der Waals surface area contributed by atoms with E-state index < -0.39 is 48.4 Å². The molecule has 0 saturated carbocycles. The summed E-state index contributed by atoms with van der Waals surface area (Å²) >= 11 is 1.58.